The molecular weight excluding hydrogens is 296 g/mol. The number of rotatable bonds is 4. The van der Waals surface area contributed by atoms with Crippen molar-refractivity contribution in [2.75, 3.05) is 0 Å². The summed E-state index contributed by atoms with van der Waals surface area (Å²) < 4.78 is 6.30. The first kappa shape index (κ1) is 16.8. The van der Waals surface area contributed by atoms with Crippen LogP contribution in [-0.4, -0.2) is 18.0 Å². The highest BCUT2D eigenvalue weighted by Crippen LogP contribution is 2.56. The van der Waals surface area contributed by atoms with Gasteiger partial charge in [-0.15, -0.1) is 0 Å². The van der Waals surface area contributed by atoms with E-state index in [0.717, 1.165) is 42.3 Å². The summed E-state index contributed by atoms with van der Waals surface area (Å²) in [5.41, 5.74) is 1.39. The first-order valence-corrected chi connectivity index (χ1v) is 10.4. The Morgan fingerprint density at radius 3 is 2.79 bits per heavy atom. The standard InChI is InChI=1S/C22H34O2/c1-22(2,12-13-23)24-17-8-11-19-16(14-17)7-10-20-18-5-3-4-15(18)6-9-21(19)20/h7,13,15,17-21H,3-6,8-12,14H2,1-2H3/t15?,17-,18?,19?,20?,21?/m0/s1. The lowest BCUT2D eigenvalue weighted by Crippen LogP contribution is -2.42. The Balaban J connectivity index is 1.43. The topological polar surface area (TPSA) is 26.3 Å². The maximum absolute atomic E-state index is 10.8. The van der Waals surface area contributed by atoms with Gasteiger partial charge in [-0.05, 0) is 88.4 Å². The third-order valence-electron chi connectivity index (χ3n) is 7.66. The normalized spacial score (nSPS) is 41.8. The number of fused-ring (bicyclic) bond motifs is 5. The molecule has 3 fully saturated rings. The molecule has 0 aromatic heterocycles. The van der Waals surface area contributed by atoms with Crippen LogP contribution in [0.1, 0.15) is 78.1 Å². The van der Waals surface area contributed by atoms with Gasteiger partial charge in [0, 0.05) is 6.42 Å². The van der Waals surface area contributed by atoms with E-state index in [4.69, 9.17) is 4.74 Å². The second kappa shape index (κ2) is 6.59. The van der Waals surface area contributed by atoms with Crippen molar-refractivity contribution < 1.29 is 9.53 Å². The van der Waals surface area contributed by atoms with Crippen molar-refractivity contribution in [2.24, 2.45) is 29.6 Å². The molecule has 0 heterocycles. The number of carbonyl (C=O) groups is 1. The van der Waals surface area contributed by atoms with E-state index in [-0.39, 0.29) is 5.60 Å². The van der Waals surface area contributed by atoms with Gasteiger partial charge in [-0.25, -0.2) is 0 Å². The lowest BCUT2D eigenvalue weighted by Gasteiger charge is -2.49. The fourth-order valence-corrected chi connectivity index (χ4v) is 6.65. The molecule has 24 heavy (non-hydrogen) atoms. The Morgan fingerprint density at radius 1 is 1.08 bits per heavy atom. The van der Waals surface area contributed by atoms with Crippen LogP contribution in [0.25, 0.3) is 0 Å². The smallest absolute Gasteiger partial charge is 0.122 e. The maximum Gasteiger partial charge on any atom is 0.122 e. The van der Waals surface area contributed by atoms with Crippen molar-refractivity contribution in [3.63, 3.8) is 0 Å². The van der Waals surface area contributed by atoms with Crippen molar-refractivity contribution in [1.29, 1.82) is 0 Å². The van der Waals surface area contributed by atoms with Crippen LogP contribution >= 0.6 is 0 Å². The number of allylic oxidation sites excluding steroid dienone is 1. The van der Waals surface area contributed by atoms with Gasteiger partial charge < -0.3 is 9.53 Å². The molecule has 0 aliphatic heterocycles. The molecule has 4 rings (SSSR count). The minimum Gasteiger partial charge on any atom is -0.372 e. The molecule has 6 atom stereocenters. The summed E-state index contributed by atoms with van der Waals surface area (Å²) in [5.74, 6) is 4.91. The summed E-state index contributed by atoms with van der Waals surface area (Å²) in [5, 5.41) is 0. The first-order chi connectivity index (χ1) is 11.6. The zero-order valence-electron chi connectivity index (χ0n) is 15.5. The highest BCUT2D eigenvalue weighted by Gasteiger charge is 2.47. The average Bonchev–Trinajstić information content (AvgIpc) is 3.02. The van der Waals surface area contributed by atoms with E-state index in [2.05, 4.69) is 19.9 Å². The van der Waals surface area contributed by atoms with E-state index in [1.165, 1.54) is 51.4 Å². The van der Waals surface area contributed by atoms with Gasteiger partial charge in [-0.1, -0.05) is 24.5 Å². The van der Waals surface area contributed by atoms with Gasteiger partial charge in [-0.2, -0.15) is 0 Å². The Kier molecular flexibility index (Phi) is 4.62. The van der Waals surface area contributed by atoms with Gasteiger partial charge in [0.2, 0.25) is 0 Å². The summed E-state index contributed by atoms with van der Waals surface area (Å²) in [6.07, 6.45) is 16.9. The molecule has 2 nitrogen and oxygen atoms in total. The number of aldehydes is 1. The first-order valence-electron chi connectivity index (χ1n) is 10.4. The van der Waals surface area contributed by atoms with E-state index < -0.39 is 0 Å². The van der Waals surface area contributed by atoms with Crippen LogP contribution in [0.15, 0.2) is 11.6 Å². The van der Waals surface area contributed by atoms with E-state index in [1.807, 2.05) is 0 Å². The van der Waals surface area contributed by atoms with Crippen molar-refractivity contribution in [3.05, 3.63) is 11.6 Å². The van der Waals surface area contributed by atoms with E-state index >= 15 is 0 Å². The van der Waals surface area contributed by atoms with Crippen LogP contribution in [-0.2, 0) is 9.53 Å². The van der Waals surface area contributed by atoms with Crippen LogP contribution in [0.4, 0.5) is 0 Å². The summed E-state index contributed by atoms with van der Waals surface area (Å²) >= 11 is 0. The summed E-state index contributed by atoms with van der Waals surface area (Å²) in [6.45, 7) is 4.11. The number of hydrogen-bond donors (Lipinski definition) is 0. The van der Waals surface area contributed by atoms with Crippen LogP contribution in [0.3, 0.4) is 0 Å². The molecule has 0 aromatic carbocycles. The van der Waals surface area contributed by atoms with Crippen molar-refractivity contribution in [1.82, 2.24) is 0 Å². The van der Waals surface area contributed by atoms with Gasteiger partial charge in [0.25, 0.3) is 0 Å². The number of hydrogen-bond acceptors (Lipinski definition) is 2. The molecule has 2 heteroatoms. The molecule has 0 N–H and O–H groups in total. The minimum atomic E-state index is -0.307. The lowest BCUT2D eigenvalue weighted by molar-refractivity contribution is -0.120. The lowest BCUT2D eigenvalue weighted by atomic mass is 9.57. The zero-order valence-corrected chi connectivity index (χ0v) is 15.5. The summed E-state index contributed by atoms with van der Waals surface area (Å²) in [7, 11) is 0. The highest BCUT2D eigenvalue weighted by molar-refractivity contribution is 5.51. The van der Waals surface area contributed by atoms with E-state index in [1.54, 1.807) is 5.57 Å². The third-order valence-corrected chi connectivity index (χ3v) is 7.66. The molecule has 4 aliphatic rings. The summed E-state index contributed by atoms with van der Waals surface area (Å²) in [4.78, 5) is 10.8. The fraction of sp³-hybridized carbons (Fsp3) is 0.864. The third kappa shape index (κ3) is 3.11. The molecule has 0 radical (unpaired) electrons. The maximum atomic E-state index is 10.8. The molecular formula is C22H34O2. The van der Waals surface area contributed by atoms with Crippen molar-refractivity contribution >= 4 is 6.29 Å². The Morgan fingerprint density at radius 2 is 1.96 bits per heavy atom. The second-order valence-electron chi connectivity index (χ2n) is 9.53. The molecule has 0 saturated heterocycles. The monoisotopic (exact) mass is 330 g/mol. The quantitative estimate of drug-likeness (QED) is 0.515. The largest absolute Gasteiger partial charge is 0.372 e. The van der Waals surface area contributed by atoms with Crippen molar-refractivity contribution in [3.8, 4) is 0 Å². The molecule has 4 aliphatic carbocycles. The van der Waals surface area contributed by atoms with E-state index in [9.17, 15) is 4.79 Å². The Bertz CT molecular complexity index is 506. The van der Waals surface area contributed by atoms with Crippen LogP contribution in [0.5, 0.6) is 0 Å². The predicted molar refractivity (Wildman–Crippen MR) is 96.7 cm³/mol. The second-order valence-corrected chi connectivity index (χ2v) is 9.53. The van der Waals surface area contributed by atoms with Gasteiger partial charge in [-0.3, -0.25) is 0 Å². The van der Waals surface area contributed by atoms with Gasteiger partial charge >= 0.3 is 0 Å². The number of ether oxygens (including phenoxy) is 1. The molecule has 134 valence electrons. The van der Waals surface area contributed by atoms with Gasteiger partial charge in [0.05, 0.1) is 11.7 Å². The molecule has 0 aromatic rings. The van der Waals surface area contributed by atoms with Crippen LogP contribution in [0, 0.1) is 29.6 Å². The molecule has 0 amide bonds. The highest BCUT2D eigenvalue weighted by atomic mass is 16.5. The SMILES string of the molecule is CC(C)(CC=O)O[C@H]1CCC2C(=CCC3C4CCCC4CCC23)C1. The van der Waals surface area contributed by atoms with Crippen LogP contribution in [0.2, 0.25) is 0 Å². The predicted octanol–water partition coefficient (Wildman–Crippen LogP) is 5.31. The molecule has 0 spiro atoms. The fourth-order valence-electron chi connectivity index (χ4n) is 6.65. The van der Waals surface area contributed by atoms with Gasteiger partial charge in [0.15, 0.2) is 0 Å². The number of carbonyl (C=O) groups excluding carboxylic acids is 1. The molecule has 5 unspecified atom stereocenters. The van der Waals surface area contributed by atoms with Crippen LogP contribution < -0.4 is 0 Å². The Hall–Kier alpha value is -0.630. The zero-order chi connectivity index (χ0) is 16.7. The minimum absolute atomic E-state index is 0.307. The molecule has 0 bridgehead atoms. The van der Waals surface area contributed by atoms with E-state index in [0.29, 0.717) is 12.5 Å². The Labute approximate surface area is 147 Å². The summed E-state index contributed by atoms with van der Waals surface area (Å²) in [6, 6.07) is 0. The van der Waals surface area contributed by atoms with Gasteiger partial charge in [0.1, 0.15) is 6.29 Å². The average molecular weight is 331 g/mol. The van der Waals surface area contributed by atoms with Crippen molar-refractivity contribution in [2.45, 2.75) is 89.8 Å². The molecule has 3 saturated carbocycles.